The summed E-state index contributed by atoms with van der Waals surface area (Å²) in [6, 6.07) is 30.2. The molecule has 0 aliphatic heterocycles. The van der Waals surface area contributed by atoms with Crippen molar-refractivity contribution in [1.82, 2.24) is 4.57 Å². The second-order valence-corrected chi connectivity index (χ2v) is 7.49. The molecular formula is C26H25N. The minimum Gasteiger partial charge on any atom is -0.323 e. The van der Waals surface area contributed by atoms with Gasteiger partial charge in [-0.3, -0.25) is 0 Å². The van der Waals surface area contributed by atoms with Gasteiger partial charge in [-0.1, -0.05) is 86.6 Å². The van der Waals surface area contributed by atoms with Crippen LogP contribution in [0.25, 0.3) is 27.9 Å². The molecule has 1 nitrogen and oxygen atoms in total. The minimum atomic E-state index is 0.678. The fourth-order valence-electron chi connectivity index (χ4n) is 3.57. The molecule has 0 unspecified atom stereocenters. The van der Waals surface area contributed by atoms with Crippen LogP contribution in [0, 0.1) is 5.92 Å². The Morgan fingerprint density at radius 3 is 1.56 bits per heavy atom. The maximum absolute atomic E-state index is 2.26. The van der Waals surface area contributed by atoms with Crippen molar-refractivity contribution in [3.05, 3.63) is 103 Å². The van der Waals surface area contributed by atoms with Crippen molar-refractivity contribution in [2.24, 2.45) is 5.92 Å². The summed E-state index contributed by atoms with van der Waals surface area (Å²) in [6.07, 6.45) is 5.61. The average Bonchev–Trinajstić information content (AvgIpc) is 3.15. The lowest BCUT2D eigenvalue weighted by Gasteiger charge is -2.07. The normalized spacial score (nSPS) is 11.1. The zero-order valence-electron chi connectivity index (χ0n) is 16.0. The van der Waals surface area contributed by atoms with Crippen LogP contribution in [0.3, 0.4) is 0 Å². The van der Waals surface area contributed by atoms with Gasteiger partial charge >= 0.3 is 0 Å². The van der Waals surface area contributed by atoms with Gasteiger partial charge in [0.2, 0.25) is 0 Å². The minimum absolute atomic E-state index is 0.678. The van der Waals surface area contributed by atoms with Gasteiger partial charge in [0.05, 0.1) is 0 Å². The first-order chi connectivity index (χ1) is 13.2. The van der Waals surface area contributed by atoms with Crippen LogP contribution in [-0.2, 0) is 6.42 Å². The number of hydrogen-bond acceptors (Lipinski definition) is 0. The summed E-state index contributed by atoms with van der Waals surface area (Å²) in [5.74, 6) is 0.678. The quantitative estimate of drug-likeness (QED) is 0.364. The third-order valence-electron chi connectivity index (χ3n) is 4.87. The van der Waals surface area contributed by atoms with E-state index in [0.29, 0.717) is 5.92 Å². The van der Waals surface area contributed by atoms with Crippen molar-refractivity contribution in [1.29, 1.82) is 0 Å². The Balaban J connectivity index is 1.78. The van der Waals surface area contributed by atoms with E-state index in [1.165, 1.54) is 33.5 Å². The van der Waals surface area contributed by atoms with E-state index < -0.39 is 0 Å². The largest absolute Gasteiger partial charge is 0.323 e. The molecule has 4 rings (SSSR count). The topological polar surface area (TPSA) is 4.93 Å². The standard InChI is InChI=1S/C26H25N/c1-20(2)17-21-13-15-24(16-14-21)27-18-25(22-9-5-3-6-10-22)26(19-27)23-11-7-4-8-12-23/h3-16,18-20H,17H2,1-2H3. The number of hydrogen-bond donors (Lipinski definition) is 0. The van der Waals surface area contributed by atoms with E-state index in [1.54, 1.807) is 0 Å². The number of rotatable bonds is 5. The smallest absolute Gasteiger partial charge is 0.0450 e. The lowest BCUT2D eigenvalue weighted by atomic mass is 9.99. The SMILES string of the molecule is CC(C)Cc1ccc(-n2cc(-c3ccccc3)c(-c3ccccc3)c2)cc1. The molecule has 0 aliphatic carbocycles. The predicted molar refractivity (Wildman–Crippen MR) is 115 cm³/mol. The molecule has 0 aliphatic rings. The van der Waals surface area contributed by atoms with Crippen molar-refractivity contribution in [2.75, 3.05) is 0 Å². The number of benzene rings is 3. The van der Waals surface area contributed by atoms with Crippen molar-refractivity contribution < 1.29 is 0 Å². The van der Waals surface area contributed by atoms with Crippen molar-refractivity contribution >= 4 is 0 Å². The van der Waals surface area contributed by atoms with E-state index >= 15 is 0 Å². The van der Waals surface area contributed by atoms with Gasteiger partial charge in [-0.2, -0.15) is 0 Å². The number of nitrogens with zero attached hydrogens (tertiary/aromatic N) is 1. The molecule has 1 aromatic heterocycles. The summed E-state index contributed by atoms with van der Waals surface area (Å²) in [4.78, 5) is 0. The molecule has 1 heteroatoms. The van der Waals surface area contributed by atoms with Gasteiger partial charge in [0.1, 0.15) is 0 Å². The first-order valence-electron chi connectivity index (χ1n) is 9.63. The molecule has 134 valence electrons. The lowest BCUT2D eigenvalue weighted by Crippen LogP contribution is -1.95. The third-order valence-corrected chi connectivity index (χ3v) is 4.87. The lowest BCUT2D eigenvalue weighted by molar-refractivity contribution is 0.647. The molecule has 0 radical (unpaired) electrons. The van der Waals surface area contributed by atoms with Crippen LogP contribution in [-0.4, -0.2) is 4.57 Å². The molecule has 1 heterocycles. The highest BCUT2D eigenvalue weighted by Crippen LogP contribution is 2.34. The monoisotopic (exact) mass is 351 g/mol. The third kappa shape index (κ3) is 3.88. The predicted octanol–water partition coefficient (Wildman–Crippen LogP) is 7.01. The fraction of sp³-hybridized carbons (Fsp3) is 0.154. The van der Waals surface area contributed by atoms with Crippen LogP contribution in [0.15, 0.2) is 97.3 Å². The number of aromatic nitrogens is 1. The summed E-state index contributed by atoms with van der Waals surface area (Å²) in [5, 5.41) is 0. The molecule has 4 aromatic rings. The Bertz CT molecular complexity index is 936. The maximum Gasteiger partial charge on any atom is 0.0450 e. The second kappa shape index (κ2) is 7.67. The maximum atomic E-state index is 2.26. The van der Waals surface area contributed by atoms with Gasteiger partial charge < -0.3 is 4.57 Å². The molecule has 27 heavy (non-hydrogen) atoms. The summed E-state index contributed by atoms with van der Waals surface area (Å²) in [6.45, 7) is 4.52. The fourth-order valence-corrected chi connectivity index (χ4v) is 3.57. The first kappa shape index (κ1) is 17.4. The first-order valence-corrected chi connectivity index (χ1v) is 9.63. The van der Waals surface area contributed by atoms with Gasteiger partial charge in [-0.15, -0.1) is 0 Å². The summed E-state index contributed by atoms with van der Waals surface area (Å²) >= 11 is 0. The van der Waals surface area contributed by atoms with E-state index in [0.717, 1.165) is 6.42 Å². The second-order valence-electron chi connectivity index (χ2n) is 7.49. The highest BCUT2D eigenvalue weighted by atomic mass is 14.9. The van der Waals surface area contributed by atoms with Gasteiger partial charge in [0.25, 0.3) is 0 Å². The molecule has 3 aromatic carbocycles. The van der Waals surface area contributed by atoms with Crippen LogP contribution < -0.4 is 0 Å². The molecule has 0 saturated carbocycles. The van der Waals surface area contributed by atoms with E-state index in [9.17, 15) is 0 Å². The van der Waals surface area contributed by atoms with Crippen LogP contribution >= 0.6 is 0 Å². The van der Waals surface area contributed by atoms with Gasteiger partial charge in [-0.05, 0) is 41.2 Å². The Kier molecular flexibility index (Phi) is 4.93. The molecule has 0 spiro atoms. The Morgan fingerprint density at radius 1 is 0.630 bits per heavy atom. The van der Waals surface area contributed by atoms with Crippen molar-refractivity contribution in [2.45, 2.75) is 20.3 Å². The zero-order chi connectivity index (χ0) is 18.6. The molecule has 0 atom stereocenters. The summed E-state index contributed by atoms with van der Waals surface area (Å²) < 4.78 is 2.24. The van der Waals surface area contributed by atoms with E-state index in [1.807, 2.05) is 0 Å². The van der Waals surface area contributed by atoms with E-state index in [-0.39, 0.29) is 0 Å². The van der Waals surface area contributed by atoms with Gasteiger partial charge in [0, 0.05) is 29.2 Å². The van der Waals surface area contributed by atoms with Crippen LogP contribution in [0.5, 0.6) is 0 Å². The molecule has 0 N–H and O–H groups in total. The molecule has 0 amide bonds. The Hall–Kier alpha value is -3.06. The van der Waals surface area contributed by atoms with Crippen LogP contribution in [0.2, 0.25) is 0 Å². The molecular weight excluding hydrogens is 326 g/mol. The Morgan fingerprint density at radius 2 is 1.11 bits per heavy atom. The zero-order valence-corrected chi connectivity index (χ0v) is 16.0. The van der Waals surface area contributed by atoms with Gasteiger partial charge in [0.15, 0.2) is 0 Å². The molecule has 0 fully saturated rings. The highest BCUT2D eigenvalue weighted by Gasteiger charge is 2.12. The average molecular weight is 351 g/mol. The van der Waals surface area contributed by atoms with Crippen LogP contribution in [0.1, 0.15) is 19.4 Å². The summed E-state index contributed by atoms with van der Waals surface area (Å²) in [5.41, 5.74) is 7.59. The molecule has 0 bridgehead atoms. The summed E-state index contributed by atoms with van der Waals surface area (Å²) in [7, 11) is 0. The van der Waals surface area contributed by atoms with E-state index in [4.69, 9.17) is 0 Å². The van der Waals surface area contributed by atoms with Gasteiger partial charge in [-0.25, -0.2) is 0 Å². The Labute approximate surface area is 161 Å². The van der Waals surface area contributed by atoms with Crippen molar-refractivity contribution in [3.8, 4) is 27.9 Å². The highest BCUT2D eigenvalue weighted by molar-refractivity contribution is 5.83. The van der Waals surface area contributed by atoms with E-state index in [2.05, 4.69) is 116 Å². The van der Waals surface area contributed by atoms with Crippen molar-refractivity contribution in [3.63, 3.8) is 0 Å². The van der Waals surface area contributed by atoms with Crippen LogP contribution in [0.4, 0.5) is 0 Å². The molecule has 0 saturated heterocycles.